The maximum atomic E-state index is 12.1. The molecule has 1 unspecified atom stereocenters. The number of carbonyl (C=O) groups excluding carboxylic acids is 2. The molecule has 24 heavy (non-hydrogen) atoms. The number of thioether (sulfide) groups is 1. The fraction of sp³-hybridized carbons (Fsp3) is 0.263. The fourth-order valence-corrected chi connectivity index (χ4v) is 3.21. The van der Waals surface area contributed by atoms with Gasteiger partial charge in [0.1, 0.15) is 6.04 Å². The second-order valence-electron chi connectivity index (χ2n) is 5.66. The summed E-state index contributed by atoms with van der Waals surface area (Å²) in [5, 5.41) is 2.71. The highest BCUT2D eigenvalue weighted by Crippen LogP contribution is 2.22. The van der Waals surface area contributed by atoms with Crippen molar-refractivity contribution in [3.05, 3.63) is 65.2 Å². The van der Waals surface area contributed by atoms with Crippen LogP contribution in [0.25, 0.3) is 0 Å². The molecule has 2 aromatic carbocycles. The van der Waals surface area contributed by atoms with Crippen LogP contribution in [0.1, 0.15) is 29.2 Å². The van der Waals surface area contributed by atoms with Gasteiger partial charge in [0.15, 0.2) is 0 Å². The number of hydrogen-bond acceptors (Lipinski definition) is 3. The van der Waals surface area contributed by atoms with Crippen LogP contribution in [0.15, 0.2) is 53.4 Å². The van der Waals surface area contributed by atoms with Crippen LogP contribution < -0.4 is 11.1 Å². The SMILES string of the molecule is Cc1ccc(SCCC(=O)NC(C(N)=O)c2ccccc2)cc1C. The van der Waals surface area contributed by atoms with Crippen molar-refractivity contribution in [2.45, 2.75) is 31.2 Å². The molecule has 0 radical (unpaired) electrons. The molecule has 2 aromatic rings. The average molecular weight is 342 g/mol. The van der Waals surface area contributed by atoms with Gasteiger partial charge in [0, 0.05) is 17.1 Å². The second kappa shape index (κ2) is 8.55. The van der Waals surface area contributed by atoms with Gasteiger partial charge >= 0.3 is 0 Å². The van der Waals surface area contributed by atoms with Crippen molar-refractivity contribution in [3.8, 4) is 0 Å². The van der Waals surface area contributed by atoms with Gasteiger partial charge in [-0.25, -0.2) is 0 Å². The van der Waals surface area contributed by atoms with Gasteiger partial charge < -0.3 is 11.1 Å². The van der Waals surface area contributed by atoms with Crippen LogP contribution in [0.5, 0.6) is 0 Å². The molecule has 126 valence electrons. The van der Waals surface area contributed by atoms with E-state index in [0.717, 1.165) is 4.90 Å². The topological polar surface area (TPSA) is 72.2 Å². The monoisotopic (exact) mass is 342 g/mol. The smallest absolute Gasteiger partial charge is 0.244 e. The van der Waals surface area contributed by atoms with Gasteiger partial charge in [0.25, 0.3) is 0 Å². The van der Waals surface area contributed by atoms with E-state index in [1.807, 2.05) is 18.2 Å². The van der Waals surface area contributed by atoms with Crippen LogP contribution in [0.4, 0.5) is 0 Å². The van der Waals surface area contributed by atoms with Crippen LogP contribution in [-0.4, -0.2) is 17.6 Å². The molecule has 0 bridgehead atoms. The zero-order chi connectivity index (χ0) is 17.5. The molecule has 2 rings (SSSR count). The molecule has 0 aliphatic rings. The third kappa shape index (κ3) is 5.13. The Hall–Kier alpha value is -2.27. The molecule has 0 fully saturated rings. The number of hydrogen-bond donors (Lipinski definition) is 2. The molecule has 0 aromatic heterocycles. The quantitative estimate of drug-likeness (QED) is 0.759. The van der Waals surface area contributed by atoms with E-state index in [9.17, 15) is 9.59 Å². The summed E-state index contributed by atoms with van der Waals surface area (Å²) in [5.41, 5.74) is 8.60. The highest BCUT2D eigenvalue weighted by atomic mass is 32.2. The van der Waals surface area contributed by atoms with Crippen molar-refractivity contribution < 1.29 is 9.59 Å². The normalized spacial score (nSPS) is 11.8. The van der Waals surface area contributed by atoms with Crippen LogP contribution in [0.2, 0.25) is 0 Å². The maximum absolute atomic E-state index is 12.1. The molecule has 0 heterocycles. The van der Waals surface area contributed by atoms with E-state index < -0.39 is 11.9 Å². The van der Waals surface area contributed by atoms with E-state index >= 15 is 0 Å². The van der Waals surface area contributed by atoms with Gasteiger partial charge in [0.2, 0.25) is 11.8 Å². The summed E-state index contributed by atoms with van der Waals surface area (Å²) in [6.45, 7) is 4.15. The Kier molecular flexibility index (Phi) is 6.44. The van der Waals surface area contributed by atoms with Crippen LogP contribution in [0, 0.1) is 13.8 Å². The van der Waals surface area contributed by atoms with E-state index in [0.29, 0.717) is 17.7 Å². The van der Waals surface area contributed by atoms with E-state index in [2.05, 4.69) is 37.4 Å². The summed E-state index contributed by atoms with van der Waals surface area (Å²) in [6, 6.07) is 14.5. The van der Waals surface area contributed by atoms with Gasteiger partial charge in [-0.15, -0.1) is 11.8 Å². The lowest BCUT2D eigenvalue weighted by molar-refractivity contribution is -0.127. The highest BCUT2D eigenvalue weighted by molar-refractivity contribution is 7.99. The highest BCUT2D eigenvalue weighted by Gasteiger charge is 2.19. The second-order valence-corrected chi connectivity index (χ2v) is 6.83. The molecule has 2 amide bonds. The molecular weight excluding hydrogens is 320 g/mol. The number of aryl methyl sites for hydroxylation is 2. The molecule has 0 aliphatic carbocycles. The summed E-state index contributed by atoms with van der Waals surface area (Å²) in [5.74, 6) is -0.0930. The minimum Gasteiger partial charge on any atom is -0.368 e. The summed E-state index contributed by atoms with van der Waals surface area (Å²) in [6.07, 6.45) is 0.328. The van der Waals surface area contributed by atoms with Gasteiger partial charge in [-0.1, -0.05) is 36.4 Å². The Balaban J connectivity index is 1.87. The number of rotatable bonds is 7. The molecule has 0 saturated heterocycles. The summed E-state index contributed by atoms with van der Waals surface area (Å²) >= 11 is 1.63. The van der Waals surface area contributed by atoms with Gasteiger partial charge in [-0.3, -0.25) is 9.59 Å². The fourth-order valence-electron chi connectivity index (χ4n) is 2.26. The van der Waals surface area contributed by atoms with Gasteiger partial charge in [-0.05, 0) is 42.7 Å². The Morgan fingerprint density at radius 2 is 1.79 bits per heavy atom. The Morgan fingerprint density at radius 3 is 2.42 bits per heavy atom. The Morgan fingerprint density at radius 1 is 1.08 bits per heavy atom. The van der Waals surface area contributed by atoms with E-state index in [1.54, 1.807) is 23.9 Å². The molecule has 4 nitrogen and oxygen atoms in total. The average Bonchev–Trinajstić information content (AvgIpc) is 2.56. The van der Waals surface area contributed by atoms with Crippen molar-refractivity contribution in [2.24, 2.45) is 5.73 Å². The molecule has 1 atom stereocenters. The third-order valence-corrected chi connectivity index (χ3v) is 4.79. The first-order valence-corrected chi connectivity index (χ1v) is 8.79. The molecule has 3 N–H and O–H groups in total. The number of carbonyl (C=O) groups is 2. The van der Waals surface area contributed by atoms with E-state index in [1.165, 1.54) is 11.1 Å². The van der Waals surface area contributed by atoms with Gasteiger partial charge in [0.05, 0.1) is 0 Å². The summed E-state index contributed by atoms with van der Waals surface area (Å²) in [7, 11) is 0. The first kappa shape index (κ1) is 18.1. The first-order chi connectivity index (χ1) is 11.5. The largest absolute Gasteiger partial charge is 0.368 e. The minimum absolute atomic E-state index is 0.181. The van der Waals surface area contributed by atoms with Gasteiger partial charge in [-0.2, -0.15) is 0 Å². The third-order valence-electron chi connectivity index (χ3n) is 3.80. The lowest BCUT2D eigenvalue weighted by atomic mass is 10.1. The van der Waals surface area contributed by atoms with Crippen molar-refractivity contribution in [1.82, 2.24) is 5.32 Å². The molecule has 0 aliphatic heterocycles. The number of amides is 2. The zero-order valence-corrected chi connectivity index (χ0v) is 14.7. The lowest BCUT2D eigenvalue weighted by Gasteiger charge is -2.15. The van der Waals surface area contributed by atoms with Crippen LogP contribution in [0.3, 0.4) is 0 Å². The lowest BCUT2D eigenvalue weighted by Crippen LogP contribution is -2.37. The predicted molar refractivity (Wildman–Crippen MR) is 97.8 cm³/mol. The number of primary amides is 1. The van der Waals surface area contributed by atoms with E-state index in [4.69, 9.17) is 5.73 Å². The maximum Gasteiger partial charge on any atom is 0.244 e. The van der Waals surface area contributed by atoms with Crippen molar-refractivity contribution in [3.63, 3.8) is 0 Å². The van der Waals surface area contributed by atoms with Crippen molar-refractivity contribution in [2.75, 3.05) is 5.75 Å². The summed E-state index contributed by atoms with van der Waals surface area (Å²) < 4.78 is 0. The standard InChI is InChI=1S/C19H22N2O2S/c1-13-8-9-16(12-14(13)2)24-11-10-17(22)21-18(19(20)23)15-6-4-3-5-7-15/h3-9,12,18H,10-11H2,1-2H3,(H2,20,23)(H,21,22). The van der Waals surface area contributed by atoms with Crippen molar-refractivity contribution in [1.29, 1.82) is 0 Å². The first-order valence-electron chi connectivity index (χ1n) is 7.81. The number of nitrogens with one attached hydrogen (secondary N) is 1. The Labute approximate surface area is 146 Å². The molecule has 5 heteroatoms. The predicted octanol–water partition coefficient (Wildman–Crippen LogP) is 3.13. The molecule has 0 spiro atoms. The molecule has 0 saturated carbocycles. The molecular formula is C19H22N2O2S. The zero-order valence-electron chi connectivity index (χ0n) is 13.9. The Bertz CT molecular complexity index is 717. The number of nitrogens with two attached hydrogens (primary N) is 1. The van der Waals surface area contributed by atoms with Crippen LogP contribution >= 0.6 is 11.8 Å². The minimum atomic E-state index is -0.787. The summed E-state index contributed by atoms with van der Waals surface area (Å²) in [4.78, 5) is 24.9. The number of benzene rings is 2. The van der Waals surface area contributed by atoms with Crippen molar-refractivity contribution >= 4 is 23.6 Å². The van der Waals surface area contributed by atoms with E-state index in [-0.39, 0.29) is 5.91 Å². The van der Waals surface area contributed by atoms with Crippen LogP contribution in [-0.2, 0) is 9.59 Å².